The molecule has 2 saturated heterocycles. The van der Waals surface area contributed by atoms with Gasteiger partial charge in [0.25, 0.3) is 0 Å². The maximum atomic E-state index is 13.4. The van der Waals surface area contributed by atoms with Gasteiger partial charge in [-0.2, -0.15) is 0 Å². The number of amides is 2. The lowest BCUT2D eigenvalue weighted by molar-refractivity contribution is -0.153. The fraction of sp³-hybridized carbons (Fsp3) is 0.304. The zero-order valence-electron chi connectivity index (χ0n) is 18.4. The number of hydrogen-bond acceptors (Lipinski definition) is 8. The fourth-order valence-electron chi connectivity index (χ4n) is 4.41. The second-order valence-corrected chi connectivity index (χ2v) is 10.4. The lowest BCUT2D eigenvalue weighted by Gasteiger charge is -2.44. The third-order valence-corrected chi connectivity index (χ3v) is 7.52. The van der Waals surface area contributed by atoms with Crippen molar-refractivity contribution >= 4 is 29.5 Å². The molecule has 3 aromatic rings. The Kier molecular flexibility index (Phi) is 5.56. The topological polar surface area (TPSA) is 130 Å². The number of tetrazole rings is 1. The molecule has 2 aliphatic heterocycles. The zero-order valence-corrected chi connectivity index (χ0v) is 19.2. The standard InChI is InChI=1S/C23H22N6O4S/c1-23(2)17(18-25-27-28-26-18)29-20(31)16(21(29)34-23)24-19(30)15(13-9-5-3-6-10-13)22(32)33-14-11-7-4-8-12-14/h3-12,15-17,21H,1-2H3,(H,24,30)(H,25,26,27,28)/t15?,16?,17?,21-/m1/s1. The van der Waals surface area contributed by atoms with Crippen LogP contribution in [0.3, 0.4) is 0 Å². The normalized spacial score (nSPS) is 23.5. The van der Waals surface area contributed by atoms with E-state index in [1.165, 1.54) is 0 Å². The first-order valence-corrected chi connectivity index (χ1v) is 11.6. The second-order valence-electron chi connectivity index (χ2n) is 8.61. The van der Waals surface area contributed by atoms with Crippen molar-refractivity contribution in [2.45, 2.75) is 42.0 Å². The van der Waals surface area contributed by atoms with Crippen LogP contribution in [-0.4, -0.2) is 59.5 Å². The van der Waals surface area contributed by atoms with Crippen molar-refractivity contribution in [2.24, 2.45) is 0 Å². The number of β-lactam (4-membered cyclic amide) rings is 1. The zero-order chi connectivity index (χ0) is 23.9. The first kappa shape index (κ1) is 22.1. The summed E-state index contributed by atoms with van der Waals surface area (Å²) in [5.74, 6) is -1.95. The number of H-pyrrole nitrogens is 1. The van der Waals surface area contributed by atoms with Gasteiger partial charge in [-0.1, -0.05) is 48.5 Å². The summed E-state index contributed by atoms with van der Waals surface area (Å²) in [5.41, 5.74) is 0.481. The predicted octanol–water partition coefficient (Wildman–Crippen LogP) is 1.81. The highest BCUT2D eigenvalue weighted by molar-refractivity contribution is 8.01. The van der Waals surface area contributed by atoms with Crippen LogP contribution < -0.4 is 10.1 Å². The molecule has 0 aliphatic carbocycles. The summed E-state index contributed by atoms with van der Waals surface area (Å²) in [6, 6.07) is 16.1. The van der Waals surface area contributed by atoms with Crippen LogP contribution >= 0.6 is 11.8 Å². The summed E-state index contributed by atoms with van der Waals surface area (Å²) in [6.45, 7) is 4.00. The van der Waals surface area contributed by atoms with E-state index in [0.717, 1.165) is 0 Å². The van der Waals surface area contributed by atoms with Crippen molar-refractivity contribution in [3.63, 3.8) is 0 Å². The average Bonchev–Trinajstić information content (AvgIpc) is 3.43. The summed E-state index contributed by atoms with van der Waals surface area (Å²) in [5, 5.41) is 16.5. The van der Waals surface area contributed by atoms with E-state index in [1.807, 2.05) is 13.8 Å². The van der Waals surface area contributed by atoms with Crippen molar-refractivity contribution in [3.8, 4) is 5.75 Å². The van der Waals surface area contributed by atoms with Crippen LogP contribution in [0.5, 0.6) is 5.75 Å². The summed E-state index contributed by atoms with van der Waals surface area (Å²) in [4.78, 5) is 41.2. The van der Waals surface area contributed by atoms with Crippen LogP contribution in [0.15, 0.2) is 60.7 Å². The van der Waals surface area contributed by atoms with Crippen LogP contribution in [0.4, 0.5) is 0 Å². The first-order chi connectivity index (χ1) is 16.4. The molecule has 11 heteroatoms. The molecule has 3 heterocycles. The van der Waals surface area contributed by atoms with Crippen LogP contribution in [0.2, 0.25) is 0 Å². The van der Waals surface area contributed by atoms with E-state index in [-0.39, 0.29) is 22.1 Å². The van der Waals surface area contributed by atoms with Crippen LogP contribution in [0.25, 0.3) is 0 Å². The molecular weight excluding hydrogens is 456 g/mol. The SMILES string of the molecule is CC1(C)S[C@@H]2C(NC(=O)C(C(=O)Oc3ccccc3)c3ccccc3)C(=O)N2C1c1nnn[nH]1. The molecule has 2 aliphatic rings. The Bertz CT molecular complexity index is 1200. The highest BCUT2D eigenvalue weighted by Gasteiger charge is 2.63. The molecule has 5 rings (SSSR count). The van der Waals surface area contributed by atoms with E-state index >= 15 is 0 Å². The summed E-state index contributed by atoms with van der Waals surface area (Å²) in [6.07, 6.45) is 0. The Morgan fingerprint density at radius 2 is 1.79 bits per heavy atom. The molecule has 2 aromatic carbocycles. The van der Waals surface area contributed by atoms with Gasteiger partial charge in [0.1, 0.15) is 23.2 Å². The second kappa shape index (κ2) is 8.56. The van der Waals surface area contributed by atoms with Crippen LogP contribution in [0.1, 0.15) is 37.2 Å². The van der Waals surface area contributed by atoms with Crippen LogP contribution in [-0.2, 0) is 14.4 Å². The molecule has 174 valence electrons. The minimum absolute atomic E-state index is 0.249. The molecule has 1 aromatic heterocycles. The summed E-state index contributed by atoms with van der Waals surface area (Å²) < 4.78 is 5.09. The molecule has 2 fully saturated rings. The van der Waals surface area contributed by atoms with Crippen molar-refractivity contribution in [1.82, 2.24) is 30.8 Å². The van der Waals surface area contributed by atoms with Crippen molar-refractivity contribution < 1.29 is 19.1 Å². The minimum atomic E-state index is -1.23. The van der Waals surface area contributed by atoms with Gasteiger partial charge in [-0.15, -0.1) is 16.9 Å². The molecule has 0 radical (unpaired) electrons. The molecule has 10 nitrogen and oxygen atoms in total. The van der Waals surface area contributed by atoms with Gasteiger partial charge in [-0.3, -0.25) is 14.4 Å². The average molecular weight is 479 g/mol. The third kappa shape index (κ3) is 3.81. The van der Waals surface area contributed by atoms with Gasteiger partial charge in [0.2, 0.25) is 11.8 Å². The van der Waals surface area contributed by atoms with Gasteiger partial charge in [-0.25, -0.2) is 5.10 Å². The largest absolute Gasteiger partial charge is 0.426 e. The van der Waals surface area contributed by atoms with Gasteiger partial charge in [-0.05, 0) is 42.0 Å². The van der Waals surface area contributed by atoms with Crippen molar-refractivity contribution in [1.29, 1.82) is 0 Å². The lowest BCUT2D eigenvalue weighted by atomic mass is 9.94. The number of hydrogen-bond donors (Lipinski definition) is 2. The maximum Gasteiger partial charge on any atom is 0.328 e. The molecule has 4 atom stereocenters. The smallest absolute Gasteiger partial charge is 0.328 e. The van der Waals surface area contributed by atoms with Gasteiger partial charge in [0.15, 0.2) is 11.7 Å². The Morgan fingerprint density at radius 1 is 1.12 bits per heavy atom. The maximum absolute atomic E-state index is 13.4. The number of esters is 1. The minimum Gasteiger partial charge on any atom is -0.426 e. The number of thioether (sulfide) groups is 1. The van der Waals surface area contributed by atoms with E-state index in [2.05, 4.69) is 25.9 Å². The number of nitrogens with one attached hydrogen (secondary N) is 2. The van der Waals surface area contributed by atoms with Crippen molar-refractivity contribution in [2.75, 3.05) is 0 Å². The number of aromatic amines is 1. The van der Waals surface area contributed by atoms with E-state index in [9.17, 15) is 14.4 Å². The highest BCUT2D eigenvalue weighted by atomic mass is 32.2. The highest BCUT2D eigenvalue weighted by Crippen LogP contribution is 2.56. The molecule has 0 saturated carbocycles. The lowest BCUT2D eigenvalue weighted by Crippen LogP contribution is -2.68. The molecule has 2 N–H and O–H groups in total. The Balaban J connectivity index is 1.36. The van der Waals surface area contributed by atoms with E-state index in [4.69, 9.17) is 4.74 Å². The van der Waals surface area contributed by atoms with Gasteiger partial charge in [0, 0.05) is 4.75 Å². The molecule has 0 spiro atoms. The molecule has 2 amide bonds. The van der Waals surface area contributed by atoms with E-state index in [1.54, 1.807) is 77.3 Å². The number of para-hydroxylation sites is 1. The monoisotopic (exact) mass is 478 g/mol. The van der Waals surface area contributed by atoms with Gasteiger partial charge >= 0.3 is 5.97 Å². The molecule has 0 bridgehead atoms. The van der Waals surface area contributed by atoms with E-state index < -0.39 is 23.8 Å². The predicted molar refractivity (Wildman–Crippen MR) is 122 cm³/mol. The Morgan fingerprint density at radius 3 is 2.44 bits per heavy atom. The summed E-state index contributed by atoms with van der Waals surface area (Å²) >= 11 is 1.55. The third-order valence-electron chi connectivity index (χ3n) is 5.95. The van der Waals surface area contributed by atoms with E-state index in [0.29, 0.717) is 17.1 Å². The van der Waals surface area contributed by atoms with Crippen molar-refractivity contribution in [3.05, 3.63) is 72.1 Å². The number of carbonyl (C=O) groups excluding carboxylic acids is 3. The Hall–Kier alpha value is -3.73. The number of carbonyl (C=O) groups is 3. The number of fused-ring (bicyclic) bond motifs is 1. The number of aromatic nitrogens is 4. The fourth-order valence-corrected chi connectivity index (χ4v) is 6.05. The molecular formula is C23H22N6O4S. The van der Waals surface area contributed by atoms with Crippen LogP contribution in [0, 0.1) is 0 Å². The van der Waals surface area contributed by atoms with Gasteiger partial charge < -0.3 is 15.0 Å². The molecule has 3 unspecified atom stereocenters. The summed E-state index contributed by atoms with van der Waals surface area (Å²) in [7, 11) is 0. The van der Waals surface area contributed by atoms with Gasteiger partial charge in [0.05, 0.1) is 0 Å². The number of nitrogens with zero attached hydrogens (tertiary/aromatic N) is 4. The Labute approximate surface area is 199 Å². The first-order valence-electron chi connectivity index (χ1n) is 10.7. The quantitative estimate of drug-likeness (QED) is 0.237. The number of benzene rings is 2. The molecule has 34 heavy (non-hydrogen) atoms. The number of rotatable bonds is 6. The number of ether oxygens (including phenoxy) is 1.